The summed E-state index contributed by atoms with van der Waals surface area (Å²) in [6, 6.07) is -0.979. The molecule has 1 rings (SSSR count). The molecule has 0 saturated carbocycles. The largest absolute Gasteiger partial charge is 0.480 e. The molecule has 9 nitrogen and oxygen atoms in total. The van der Waals surface area contributed by atoms with Gasteiger partial charge in [-0.2, -0.15) is 5.10 Å². The van der Waals surface area contributed by atoms with Gasteiger partial charge in [0.15, 0.2) is 0 Å². The van der Waals surface area contributed by atoms with Crippen LogP contribution in [0.5, 0.6) is 0 Å². The molecular weight excluding hydrogens is 268 g/mol. The highest BCUT2D eigenvalue weighted by Crippen LogP contribution is 2.08. The number of nitro groups is 1. The summed E-state index contributed by atoms with van der Waals surface area (Å²) in [5, 5.41) is 25.5. The molecule has 1 heterocycles. The molecule has 0 aliphatic rings. The second-order valence-corrected chi connectivity index (χ2v) is 4.74. The van der Waals surface area contributed by atoms with Gasteiger partial charge in [-0.3, -0.25) is 19.6 Å². The fourth-order valence-electron chi connectivity index (χ4n) is 1.61. The molecule has 0 spiro atoms. The molecule has 0 aromatic carbocycles. The van der Waals surface area contributed by atoms with Crippen LogP contribution in [0.2, 0.25) is 0 Å². The molecular formula is C11H16N4O5. The SMILES string of the molecule is CC(C)CC(NC(=O)Cn1cc([N+](=O)[O-])cn1)C(=O)O. The highest BCUT2D eigenvalue weighted by Gasteiger charge is 2.21. The number of rotatable bonds is 7. The summed E-state index contributed by atoms with van der Waals surface area (Å²) < 4.78 is 1.09. The summed E-state index contributed by atoms with van der Waals surface area (Å²) in [6.45, 7) is 3.42. The first kappa shape index (κ1) is 15.6. The zero-order chi connectivity index (χ0) is 15.3. The van der Waals surface area contributed by atoms with E-state index in [4.69, 9.17) is 5.11 Å². The predicted molar refractivity (Wildman–Crippen MR) is 67.9 cm³/mol. The molecule has 1 atom stereocenters. The van der Waals surface area contributed by atoms with Gasteiger partial charge < -0.3 is 10.4 Å². The number of nitrogens with zero attached hydrogens (tertiary/aromatic N) is 3. The first-order valence-electron chi connectivity index (χ1n) is 5.98. The summed E-state index contributed by atoms with van der Waals surface area (Å²) in [7, 11) is 0. The molecule has 1 aromatic heterocycles. The van der Waals surface area contributed by atoms with Crippen LogP contribution in [0.25, 0.3) is 0 Å². The number of carbonyl (C=O) groups excluding carboxylic acids is 1. The molecule has 9 heteroatoms. The fourth-order valence-corrected chi connectivity index (χ4v) is 1.61. The molecule has 2 N–H and O–H groups in total. The van der Waals surface area contributed by atoms with E-state index in [2.05, 4.69) is 10.4 Å². The van der Waals surface area contributed by atoms with Crippen LogP contribution in [0.4, 0.5) is 5.69 Å². The van der Waals surface area contributed by atoms with Gasteiger partial charge in [0.05, 0.1) is 4.92 Å². The number of carboxylic acid groups (broad SMARTS) is 1. The van der Waals surface area contributed by atoms with Gasteiger partial charge in [-0.1, -0.05) is 13.8 Å². The Morgan fingerprint density at radius 3 is 2.65 bits per heavy atom. The summed E-state index contributed by atoms with van der Waals surface area (Å²) >= 11 is 0. The van der Waals surface area contributed by atoms with Crippen LogP contribution in [0.15, 0.2) is 12.4 Å². The van der Waals surface area contributed by atoms with Gasteiger partial charge >= 0.3 is 11.7 Å². The number of aromatic nitrogens is 2. The standard InChI is InChI=1S/C11H16N4O5/c1-7(2)3-9(11(17)18)13-10(16)6-14-5-8(4-12-14)15(19)20/h4-5,7,9H,3,6H2,1-2H3,(H,13,16)(H,17,18). The van der Waals surface area contributed by atoms with Crippen molar-refractivity contribution in [2.75, 3.05) is 0 Å². The lowest BCUT2D eigenvalue weighted by Crippen LogP contribution is -2.43. The molecule has 0 aliphatic carbocycles. The number of hydrogen-bond acceptors (Lipinski definition) is 5. The summed E-state index contributed by atoms with van der Waals surface area (Å²) in [5.41, 5.74) is -0.227. The number of hydrogen-bond donors (Lipinski definition) is 2. The molecule has 0 saturated heterocycles. The molecule has 20 heavy (non-hydrogen) atoms. The van der Waals surface area contributed by atoms with E-state index in [-0.39, 0.29) is 18.2 Å². The van der Waals surface area contributed by atoms with Crippen molar-refractivity contribution in [3.63, 3.8) is 0 Å². The van der Waals surface area contributed by atoms with E-state index in [0.29, 0.717) is 6.42 Å². The lowest BCUT2D eigenvalue weighted by Gasteiger charge is -2.16. The van der Waals surface area contributed by atoms with Crippen LogP contribution in [0, 0.1) is 16.0 Å². The van der Waals surface area contributed by atoms with Gasteiger partial charge in [0.25, 0.3) is 0 Å². The molecule has 1 amide bonds. The van der Waals surface area contributed by atoms with Crippen molar-refractivity contribution in [2.24, 2.45) is 5.92 Å². The van der Waals surface area contributed by atoms with E-state index in [1.165, 1.54) is 0 Å². The topological polar surface area (TPSA) is 127 Å². The molecule has 0 aliphatic heterocycles. The predicted octanol–water partition coefficient (Wildman–Crippen LogP) is 0.407. The maximum atomic E-state index is 11.7. The summed E-state index contributed by atoms with van der Waals surface area (Å²) in [5.74, 6) is -1.56. The third-order valence-electron chi connectivity index (χ3n) is 2.48. The maximum Gasteiger partial charge on any atom is 0.326 e. The second-order valence-electron chi connectivity index (χ2n) is 4.74. The van der Waals surface area contributed by atoms with Crippen LogP contribution in [-0.2, 0) is 16.1 Å². The summed E-state index contributed by atoms with van der Waals surface area (Å²) in [4.78, 5) is 32.5. The van der Waals surface area contributed by atoms with E-state index in [0.717, 1.165) is 17.1 Å². The molecule has 110 valence electrons. The van der Waals surface area contributed by atoms with Gasteiger partial charge in [0.2, 0.25) is 5.91 Å². The average molecular weight is 284 g/mol. The Kier molecular flexibility index (Phi) is 5.18. The first-order valence-corrected chi connectivity index (χ1v) is 5.98. The first-order chi connectivity index (χ1) is 9.29. The third-order valence-corrected chi connectivity index (χ3v) is 2.48. The zero-order valence-corrected chi connectivity index (χ0v) is 11.1. The lowest BCUT2D eigenvalue weighted by atomic mass is 10.0. The number of carbonyl (C=O) groups is 2. The quantitative estimate of drug-likeness (QED) is 0.551. The Labute approximate surface area is 114 Å². The van der Waals surface area contributed by atoms with Crippen LogP contribution in [0.3, 0.4) is 0 Å². The van der Waals surface area contributed by atoms with Gasteiger partial charge in [0.1, 0.15) is 25.0 Å². The van der Waals surface area contributed by atoms with Crippen molar-refractivity contribution in [1.82, 2.24) is 15.1 Å². The van der Waals surface area contributed by atoms with Gasteiger partial charge in [-0.15, -0.1) is 0 Å². The Morgan fingerprint density at radius 1 is 1.55 bits per heavy atom. The van der Waals surface area contributed by atoms with E-state index in [1.807, 2.05) is 13.8 Å². The zero-order valence-electron chi connectivity index (χ0n) is 11.1. The van der Waals surface area contributed by atoms with Crippen molar-refractivity contribution in [1.29, 1.82) is 0 Å². The Bertz CT molecular complexity index is 511. The number of carboxylic acids is 1. The Balaban J connectivity index is 2.60. The van der Waals surface area contributed by atoms with Crippen molar-refractivity contribution < 1.29 is 19.6 Å². The highest BCUT2D eigenvalue weighted by atomic mass is 16.6. The van der Waals surface area contributed by atoms with E-state index in [9.17, 15) is 19.7 Å². The van der Waals surface area contributed by atoms with E-state index >= 15 is 0 Å². The normalized spacial score (nSPS) is 12.2. The van der Waals surface area contributed by atoms with Crippen LogP contribution >= 0.6 is 0 Å². The lowest BCUT2D eigenvalue weighted by molar-refractivity contribution is -0.385. The van der Waals surface area contributed by atoms with Gasteiger partial charge in [0, 0.05) is 0 Å². The van der Waals surface area contributed by atoms with Crippen molar-refractivity contribution >= 4 is 17.6 Å². The van der Waals surface area contributed by atoms with Crippen LogP contribution in [0.1, 0.15) is 20.3 Å². The number of amides is 1. The van der Waals surface area contributed by atoms with Crippen LogP contribution in [-0.4, -0.2) is 37.7 Å². The fraction of sp³-hybridized carbons (Fsp3) is 0.545. The molecule has 1 aromatic rings. The number of nitrogens with one attached hydrogen (secondary N) is 1. The van der Waals surface area contributed by atoms with Gasteiger partial charge in [-0.05, 0) is 12.3 Å². The monoisotopic (exact) mass is 284 g/mol. The molecule has 0 fully saturated rings. The average Bonchev–Trinajstić information content (AvgIpc) is 2.75. The highest BCUT2D eigenvalue weighted by molar-refractivity contribution is 5.83. The van der Waals surface area contributed by atoms with Crippen molar-refractivity contribution in [3.8, 4) is 0 Å². The molecule has 1 unspecified atom stereocenters. The number of aliphatic carboxylic acids is 1. The minimum absolute atomic E-state index is 0.113. The summed E-state index contributed by atoms with van der Waals surface area (Å²) in [6.07, 6.45) is 2.44. The van der Waals surface area contributed by atoms with Gasteiger partial charge in [-0.25, -0.2) is 4.79 Å². The van der Waals surface area contributed by atoms with Crippen LogP contribution < -0.4 is 5.32 Å². The molecule has 0 bridgehead atoms. The minimum Gasteiger partial charge on any atom is -0.480 e. The Morgan fingerprint density at radius 2 is 2.20 bits per heavy atom. The third kappa shape index (κ3) is 4.67. The van der Waals surface area contributed by atoms with Crippen molar-refractivity contribution in [3.05, 3.63) is 22.5 Å². The second kappa shape index (κ2) is 6.64. The van der Waals surface area contributed by atoms with Crippen molar-refractivity contribution in [2.45, 2.75) is 32.9 Å². The molecule has 0 radical (unpaired) electrons. The smallest absolute Gasteiger partial charge is 0.326 e. The van der Waals surface area contributed by atoms with E-state index in [1.54, 1.807) is 0 Å². The maximum absolute atomic E-state index is 11.7. The minimum atomic E-state index is -1.11. The van der Waals surface area contributed by atoms with E-state index < -0.39 is 22.8 Å². The Hall–Kier alpha value is -2.45.